The Hall–Kier alpha value is -2.29. The minimum atomic E-state index is -3.50. The van der Waals surface area contributed by atoms with Crippen LogP contribution in [0.5, 0.6) is 0 Å². The van der Waals surface area contributed by atoms with Gasteiger partial charge in [-0.15, -0.1) is 11.3 Å². The van der Waals surface area contributed by atoms with Crippen molar-refractivity contribution in [3.8, 4) is 0 Å². The number of nitrogens with one attached hydrogen (secondary N) is 1. The first-order chi connectivity index (χ1) is 14.0. The summed E-state index contributed by atoms with van der Waals surface area (Å²) in [6.07, 6.45) is 4.27. The van der Waals surface area contributed by atoms with E-state index in [4.69, 9.17) is 0 Å². The Balaban J connectivity index is 1.56. The molecule has 1 aliphatic rings. The maximum atomic E-state index is 13.3. The van der Waals surface area contributed by atoms with Crippen LogP contribution >= 0.6 is 11.3 Å². The number of halogens is 1. The molecule has 29 heavy (non-hydrogen) atoms. The molecule has 1 saturated heterocycles. The number of nitrogens with zero attached hydrogens (tertiary/aromatic N) is 2. The van der Waals surface area contributed by atoms with Crippen LogP contribution in [0.3, 0.4) is 0 Å². The van der Waals surface area contributed by atoms with Crippen LogP contribution in [0.1, 0.15) is 35.7 Å². The zero-order valence-electron chi connectivity index (χ0n) is 15.8. The molecule has 1 N–H and O–H groups in total. The predicted octanol–water partition coefficient (Wildman–Crippen LogP) is 4.66. The number of rotatable bonds is 6. The molecule has 0 amide bonds. The molecule has 152 valence electrons. The van der Waals surface area contributed by atoms with E-state index >= 15 is 0 Å². The maximum Gasteiger partial charge on any atom is 0.244 e. The first kappa shape index (κ1) is 20.0. The fraction of sp³-hybridized carbons (Fsp3) is 0.286. The Morgan fingerprint density at radius 1 is 1.03 bits per heavy atom. The molecule has 0 bridgehead atoms. The average Bonchev–Trinajstić information content (AvgIpc) is 3.28. The van der Waals surface area contributed by atoms with E-state index in [0.717, 1.165) is 29.7 Å². The molecule has 3 heterocycles. The number of benzene rings is 1. The van der Waals surface area contributed by atoms with Gasteiger partial charge in [-0.2, -0.15) is 4.31 Å². The summed E-state index contributed by atoms with van der Waals surface area (Å²) in [6.45, 7) is 1.13. The van der Waals surface area contributed by atoms with Crippen molar-refractivity contribution >= 4 is 27.2 Å². The number of pyridine rings is 1. The summed E-state index contributed by atoms with van der Waals surface area (Å²) in [5.41, 5.74) is 0.903. The lowest BCUT2D eigenvalue weighted by Gasteiger charge is -2.25. The van der Waals surface area contributed by atoms with Crippen LogP contribution in [0.25, 0.3) is 0 Å². The van der Waals surface area contributed by atoms with Gasteiger partial charge in [0.1, 0.15) is 16.5 Å². The standard InChI is InChI=1S/C21H22FN3O2S2/c22-17-8-6-16(7-9-17)21(19-5-4-14-28-19)24-20-11-10-18(15-23-20)29(26,27)25-12-2-1-3-13-25/h4-11,14-15,21H,1-3,12-13H2,(H,23,24). The van der Waals surface area contributed by atoms with Gasteiger partial charge in [-0.25, -0.2) is 17.8 Å². The highest BCUT2D eigenvalue weighted by atomic mass is 32.2. The lowest BCUT2D eigenvalue weighted by atomic mass is 10.1. The van der Waals surface area contributed by atoms with E-state index in [9.17, 15) is 12.8 Å². The van der Waals surface area contributed by atoms with Crippen LogP contribution in [0.2, 0.25) is 0 Å². The van der Waals surface area contributed by atoms with E-state index < -0.39 is 10.0 Å². The van der Waals surface area contributed by atoms with E-state index in [1.807, 2.05) is 17.5 Å². The molecule has 0 spiro atoms. The number of hydrogen-bond acceptors (Lipinski definition) is 5. The summed E-state index contributed by atoms with van der Waals surface area (Å²) in [6, 6.07) is 13.4. The van der Waals surface area contributed by atoms with Gasteiger partial charge in [-0.1, -0.05) is 24.6 Å². The Morgan fingerprint density at radius 3 is 2.41 bits per heavy atom. The van der Waals surface area contributed by atoms with E-state index in [-0.39, 0.29) is 16.8 Å². The third-order valence-electron chi connectivity index (χ3n) is 5.01. The summed E-state index contributed by atoms with van der Waals surface area (Å²) in [5, 5.41) is 5.33. The Labute approximate surface area is 174 Å². The molecule has 2 aromatic heterocycles. The maximum absolute atomic E-state index is 13.3. The van der Waals surface area contributed by atoms with Crippen molar-refractivity contribution < 1.29 is 12.8 Å². The Bertz CT molecular complexity index is 1030. The molecular formula is C21H22FN3O2S2. The first-order valence-electron chi connectivity index (χ1n) is 9.56. The summed E-state index contributed by atoms with van der Waals surface area (Å²) >= 11 is 1.59. The molecule has 8 heteroatoms. The molecule has 1 aromatic carbocycles. The van der Waals surface area contributed by atoms with Crippen LogP contribution in [0, 0.1) is 5.82 Å². The zero-order valence-corrected chi connectivity index (χ0v) is 17.4. The molecule has 4 rings (SSSR count). The zero-order chi connectivity index (χ0) is 20.3. The van der Waals surface area contributed by atoms with Crippen molar-refractivity contribution in [1.29, 1.82) is 0 Å². The van der Waals surface area contributed by atoms with Gasteiger partial charge in [0, 0.05) is 24.2 Å². The number of hydrogen-bond donors (Lipinski definition) is 1. The first-order valence-corrected chi connectivity index (χ1v) is 11.9. The van der Waals surface area contributed by atoms with Gasteiger partial charge in [0.15, 0.2) is 0 Å². The molecule has 1 atom stereocenters. The molecule has 1 aliphatic heterocycles. The smallest absolute Gasteiger partial charge is 0.244 e. The molecule has 1 unspecified atom stereocenters. The highest BCUT2D eigenvalue weighted by Gasteiger charge is 2.26. The second kappa shape index (κ2) is 8.61. The average molecular weight is 432 g/mol. The lowest BCUT2D eigenvalue weighted by Crippen LogP contribution is -2.35. The van der Waals surface area contributed by atoms with Crippen LogP contribution in [0.4, 0.5) is 10.2 Å². The largest absolute Gasteiger partial charge is 0.358 e. The fourth-order valence-electron chi connectivity index (χ4n) is 3.45. The number of aromatic nitrogens is 1. The van der Waals surface area contributed by atoms with Crippen LogP contribution in [-0.4, -0.2) is 30.8 Å². The van der Waals surface area contributed by atoms with E-state index in [1.165, 1.54) is 22.6 Å². The highest BCUT2D eigenvalue weighted by molar-refractivity contribution is 7.89. The number of piperidine rings is 1. The van der Waals surface area contributed by atoms with Gasteiger partial charge in [-0.3, -0.25) is 0 Å². The van der Waals surface area contributed by atoms with Crippen molar-refractivity contribution in [2.24, 2.45) is 0 Å². The van der Waals surface area contributed by atoms with Crippen molar-refractivity contribution in [2.45, 2.75) is 30.2 Å². The number of sulfonamides is 1. The minimum absolute atomic E-state index is 0.201. The van der Waals surface area contributed by atoms with Crippen molar-refractivity contribution in [3.05, 3.63) is 76.4 Å². The molecule has 0 radical (unpaired) electrons. The predicted molar refractivity (Wildman–Crippen MR) is 113 cm³/mol. The van der Waals surface area contributed by atoms with Gasteiger partial charge in [0.05, 0.1) is 6.04 Å². The van der Waals surface area contributed by atoms with Crippen LogP contribution in [-0.2, 0) is 10.0 Å². The molecule has 1 fully saturated rings. The van der Waals surface area contributed by atoms with Crippen LogP contribution < -0.4 is 5.32 Å². The third-order valence-corrected chi connectivity index (χ3v) is 7.83. The van der Waals surface area contributed by atoms with Crippen molar-refractivity contribution in [2.75, 3.05) is 18.4 Å². The van der Waals surface area contributed by atoms with Gasteiger partial charge in [0.2, 0.25) is 10.0 Å². The Kier molecular flexibility index (Phi) is 5.94. The summed E-state index contributed by atoms with van der Waals surface area (Å²) in [4.78, 5) is 5.61. The highest BCUT2D eigenvalue weighted by Crippen LogP contribution is 2.30. The molecule has 0 aliphatic carbocycles. The van der Waals surface area contributed by atoms with Gasteiger partial charge >= 0.3 is 0 Å². The summed E-state index contributed by atoms with van der Waals surface area (Å²) < 4.78 is 40.5. The third kappa shape index (κ3) is 4.49. The quantitative estimate of drug-likeness (QED) is 0.617. The number of thiophene rings is 1. The molecule has 0 saturated carbocycles. The van der Waals surface area contributed by atoms with E-state index in [1.54, 1.807) is 35.6 Å². The van der Waals surface area contributed by atoms with E-state index in [2.05, 4.69) is 10.3 Å². The minimum Gasteiger partial charge on any atom is -0.358 e. The van der Waals surface area contributed by atoms with Crippen molar-refractivity contribution in [3.63, 3.8) is 0 Å². The molecule has 3 aromatic rings. The monoisotopic (exact) mass is 431 g/mol. The van der Waals surface area contributed by atoms with Crippen LogP contribution in [0.15, 0.2) is 65.0 Å². The van der Waals surface area contributed by atoms with Gasteiger partial charge in [0.25, 0.3) is 0 Å². The summed E-state index contributed by atoms with van der Waals surface area (Å²) in [5.74, 6) is 0.273. The SMILES string of the molecule is O=S(=O)(c1ccc(NC(c2ccc(F)cc2)c2cccs2)nc1)N1CCCCC1. The summed E-state index contributed by atoms with van der Waals surface area (Å²) in [7, 11) is -3.50. The second-order valence-electron chi connectivity index (χ2n) is 6.99. The second-order valence-corrected chi connectivity index (χ2v) is 9.91. The van der Waals surface area contributed by atoms with Crippen molar-refractivity contribution in [1.82, 2.24) is 9.29 Å². The topological polar surface area (TPSA) is 62.3 Å². The van der Waals surface area contributed by atoms with E-state index in [0.29, 0.717) is 18.9 Å². The number of anilines is 1. The Morgan fingerprint density at radius 2 is 1.79 bits per heavy atom. The molecular weight excluding hydrogens is 409 g/mol. The van der Waals surface area contributed by atoms with Gasteiger partial charge in [-0.05, 0) is 54.1 Å². The fourth-order valence-corrected chi connectivity index (χ4v) is 5.72. The normalized spacial score (nSPS) is 16.4. The van der Waals surface area contributed by atoms with Gasteiger partial charge < -0.3 is 5.32 Å². The lowest BCUT2D eigenvalue weighted by molar-refractivity contribution is 0.346. The molecule has 5 nitrogen and oxygen atoms in total.